The number of hydrogen-bond acceptors (Lipinski definition) is 3. The van der Waals surface area contributed by atoms with Crippen molar-refractivity contribution in [3.05, 3.63) is 88.7 Å². The van der Waals surface area contributed by atoms with Gasteiger partial charge in [0.2, 0.25) is 5.69 Å². The maximum absolute atomic E-state index is 14.0. The zero-order valence-electron chi connectivity index (χ0n) is 26.7. The summed E-state index contributed by atoms with van der Waals surface area (Å²) < 4.78 is 14.0. The molecular weight excluding hydrogens is 556 g/mol. The molecule has 1 amide bonds. The highest BCUT2D eigenvalue weighted by molar-refractivity contribution is 6.32. The van der Waals surface area contributed by atoms with Crippen molar-refractivity contribution in [2.24, 2.45) is 0 Å². The van der Waals surface area contributed by atoms with Crippen LogP contribution in [0.2, 0.25) is 5.02 Å². The summed E-state index contributed by atoms with van der Waals surface area (Å²) in [4.78, 5) is 15.8. The molecular formula is C37H52ClN2O3+. The summed E-state index contributed by atoms with van der Waals surface area (Å²) in [6.45, 7) is 6.61. The third-order valence-electron chi connectivity index (χ3n) is 8.01. The first-order valence-corrected chi connectivity index (χ1v) is 16.8. The lowest BCUT2D eigenvalue weighted by atomic mass is 10.1. The molecule has 234 valence electrons. The average molecular weight is 608 g/mol. The number of pyridine rings is 1. The predicted molar refractivity (Wildman–Crippen MR) is 177 cm³/mol. The van der Waals surface area contributed by atoms with Gasteiger partial charge in [-0.1, -0.05) is 119 Å². The fraction of sp³-hybridized carbons (Fsp3) is 0.514. The van der Waals surface area contributed by atoms with Crippen LogP contribution in [0.25, 0.3) is 0 Å². The Hall–Kier alpha value is -3.05. The largest absolute Gasteiger partial charge is 0.496 e. The fourth-order valence-electron chi connectivity index (χ4n) is 5.51. The minimum absolute atomic E-state index is 0.101. The Morgan fingerprint density at radius 2 is 1.42 bits per heavy atom. The number of ether oxygens (including phenoxy) is 2. The summed E-state index contributed by atoms with van der Waals surface area (Å²) in [5, 5.41) is 0.574. The van der Waals surface area contributed by atoms with E-state index < -0.39 is 0 Å². The van der Waals surface area contributed by atoms with E-state index in [1.54, 1.807) is 7.11 Å². The number of carbonyl (C=O) groups excluding carboxylic acids is 1. The predicted octanol–water partition coefficient (Wildman–Crippen LogP) is 9.58. The van der Waals surface area contributed by atoms with Crippen LogP contribution in [0.4, 0.5) is 0 Å². The number of methoxy groups -OCH3 is 1. The van der Waals surface area contributed by atoms with Crippen molar-refractivity contribution in [3.8, 4) is 11.5 Å². The molecule has 6 heteroatoms. The number of nitrogens with zero attached hydrogens (tertiary/aromatic N) is 2. The minimum atomic E-state index is -0.101. The Kier molecular flexibility index (Phi) is 16.0. The van der Waals surface area contributed by atoms with Crippen molar-refractivity contribution in [3.63, 3.8) is 0 Å². The Bertz CT molecular complexity index is 1230. The number of para-hydroxylation sites is 2. The van der Waals surface area contributed by atoms with E-state index in [4.69, 9.17) is 21.1 Å². The van der Waals surface area contributed by atoms with Crippen molar-refractivity contribution in [2.45, 2.75) is 111 Å². The van der Waals surface area contributed by atoms with E-state index in [-0.39, 0.29) is 5.91 Å². The summed E-state index contributed by atoms with van der Waals surface area (Å²) in [5.74, 6) is 1.13. The standard InChI is InChI=1S/C37H52ClN2O3/c1-4-6-7-8-9-10-11-12-13-14-15-20-28-43-36-31(22-21-25-34(36)38)29-40(30-32-23-18-19-27-39(32)5-2)37(41)33-24-16-17-26-35(33)42-3/h16-19,21-27H,4-15,20,28-30H2,1-3H3/q+1. The second-order valence-electron chi connectivity index (χ2n) is 11.3. The second-order valence-corrected chi connectivity index (χ2v) is 11.7. The van der Waals surface area contributed by atoms with Gasteiger partial charge >= 0.3 is 0 Å². The molecule has 0 atom stereocenters. The molecule has 5 nitrogen and oxygen atoms in total. The van der Waals surface area contributed by atoms with Gasteiger partial charge in [0.1, 0.15) is 24.6 Å². The van der Waals surface area contributed by atoms with E-state index in [0.29, 0.717) is 41.8 Å². The zero-order chi connectivity index (χ0) is 30.7. The molecule has 0 aliphatic carbocycles. The fourth-order valence-corrected chi connectivity index (χ4v) is 5.76. The first-order valence-electron chi connectivity index (χ1n) is 16.4. The van der Waals surface area contributed by atoms with Crippen molar-refractivity contribution in [1.29, 1.82) is 0 Å². The van der Waals surface area contributed by atoms with E-state index in [9.17, 15) is 4.79 Å². The molecule has 3 aromatic rings. The molecule has 0 saturated carbocycles. The van der Waals surface area contributed by atoms with Crippen molar-refractivity contribution < 1.29 is 18.8 Å². The number of benzene rings is 2. The molecule has 0 spiro atoms. The molecule has 0 bridgehead atoms. The summed E-state index contributed by atoms with van der Waals surface area (Å²) in [6.07, 6.45) is 17.7. The molecule has 0 saturated heterocycles. The van der Waals surface area contributed by atoms with E-state index in [0.717, 1.165) is 30.6 Å². The molecule has 43 heavy (non-hydrogen) atoms. The van der Waals surface area contributed by atoms with Gasteiger partial charge in [-0.25, -0.2) is 4.57 Å². The monoisotopic (exact) mass is 607 g/mol. The van der Waals surface area contributed by atoms with Crippen molar-refractivity contribution >= 4 is 17.5 Å². The number of aryl methyl sites for hydroxylation is 1. The second kappa shape index (κ2) is 20.0. The number of unbranched alkanes of at least 4 members (excludes halogenated alkanes) is 11. The number of rotatable bonds is 21. The van der Waals surface area contributed by atoms with Gasteiger partial charge in [0.25, 0.3) is 5.91 Å². The molecule has 0 aliphatic heterocycles. The molecule has 1 aromatic heterocycles. The van der Waals surface area contributed by atoms with Crippen LogP contribution < -0.4 is 14.0 Å². The van der Waals surface area contributed by atoms with Crippen LogP contribution in [0.15, 0.2) is 66.9 Å². The Labute approximate surface area is 265 Å². The quantitative estimate of drug-likeness (QED) is 0.0894. The van der Waals surface area contributed by atoms with E-state index in [1.807, 2.05) is 65.7 Å². The summed E-state index contributed by atoms with van der Waals surface area (Å²) in [7, 11) is 1.59. The summed E-state index contributed by atoms with van der Waals surface area (Å²) in [6, 6.07) is 19.3. The number of halogens is 1. The lowest BCUT2D eigenvalue weighted by Gasteiger charge is -2.24. The Morgan fingerprint density at radius 1 is 0.767 bits per heavy atom. The number of amides is 1. The molecule has 0 radical (unpaired) electrons. The van der Waals surface area contributed by atoms with Crippen molar-refractivity contribution in [2.75, 3.05) is 13.7 Å². The Balaban J connectivity index is 1.61. The normalized spacial score (nSPS) is 11.0. The molecule has 0 unspecified atom stereocenters. The van der Waals surface area contributed by atoms with Crippen LogP contribution in [0.1, 0.15) is 113 Å². The van der Waals surface area contributed by atoms with Gasteiger partial charge in [-0.2, -0.15) is 0 Å². The third kappa shape index (κ3) is 11.5. The highest BCUT2D eigenvalue weighted by Gasteiger charge is 2.24. The van der Waals surface area contributed by atoms with Crippen molar-refractivity contribution in [1.82, 2.24) is 4.90 Å². The SMILES string of the molecule is CCCCCCCCCCCCCCOc1c(Cl)cccc1CN(Cc1cccc[n+]1CC)C(=O)c1ccccc1OC. The lowest BCUT2D eigenvalue weighted by molar-refractivity contribution is -0.701. The maximum Gasteiger partial charge on any atom is 0.258 e. The van der Waals surface area contributed by atoms with Crippen LogP contribution in [0, 0.1) is 0 Å². The Morgan fingerprint density at radius 3 is 2.09 bits per heavy atom. The highest BCUT2D eigenvalue weighted by Crippen LogP contribution is 2.31. The maximum atomic E-state index is 14.0. The average Bonchev–Trinajstić information content (AvgIpc) is 3.03. The first-order chi connectivity index (χ1) is 21.1. The van der Waals surface area contributed by atoms with Gasteiger partial charge in [-0.3, -0.25) is 4.79 Å². The van der Waals surface area contributed by atoms with Crippen LogP contribution in [0.3, 0.4) is 0 Å². The van der Waals surface area contributed by atoms with Crippen LogP contribution in [-0.2, 0) is 19.6 Å². The highest BCUT2D eigenvalue weighted by atomic mass is 35.5. The van der Waals surface area contributed by atoms with E-state index >= 15 is 0 Å². The van der Waals surface area contributed by atoms with Crippen LogP contribution in [-0.4, -0.2) is 24.5 Å². The van der Waals surface area contributed by atoms with Gasteiger partial charge in [0.15, 0.2) is 6.20 Å². The zero-order valence-corrected chi connectivity index (χ0v) is 27.4. The molecule has 0 aliphatic rings. The van der Waals surface area contributed by atoms with Gasteiger partial charge in [-0.15, -0.1) is 0 Å². The first kappa shape index (κ1) is 34.4. The summed E-state index contributed by atoms with van der Waals surface area (Å²) in [5.41, 5.74) is 2.48. The topological polar surface area (TPSA) is 42.7 Å². The molecule has 3 rings (SSSR count). The van der Waals surface area contributed by atoms with E-state index in [1.165, 1.54) is 64.2 Å². The minimum Gasteiger partial charge on any atom is -0.496 e. The number of hydrogen-bond donors (Lipinski definition) is 0. The van der Waals surface area contributed by atoms with Crippen LogP contribution in [0.5, 0.6) is 11.5 Å². The summed E-state index contributed by atoms with van der Waals surface area (Å²) >= 11 is 6.66. The van der Waals surface area contributed by atoms with E-state index in [2.05, 4.69) is 24.5 Å². The van der Waals surface area contributed by atoms with Gasteiger partial charge in [0, 0.05) is 17.7 Å². The molecule has 0 fully saturated rings. The van der Waals surface area contributed by atoms with Gasteiger partial charge in [0.05, 0.1) is 30.8 Å². The molecule has 1 heterocycles. The smallest absolute Gasteiger partial charge is 0.258 e. The van der Waals surface area contributed by atoms with Gasteiger partial charge < -0.3 is 14.4 Å². The van der Waals surface area contributed by atoms with Crippen LogP contribution >= 0.6 is 11.6 Å². The number of carbonyl (C=O) groups is 1. The van der Waals surface area contributed by atoms with Gasteiger partial charge in [-0.05, 0) is 31.5 Å². The third-order valence-corrected chi connectivity index (χ3v) is 8.30. The molecule has 0 N–H and O–H groups in total. The molecule has 2 aromatic carbocycles. The lowest BCUT2D eigenvalue weighted by Crippen LogP contribution is -2.41. The number of aromatic nitrogens is 1.